The van der Waals surface area contributed by atoms with Crippen LogP contribution in [-0.2, 0) is 10.8 Å². The minimum absolute atomic E-state index is 0.0335. The predicted octanol–water partition coefficient (Wildman–Crippen LogP) is 1.19. The zero-order chi connectivity index (χ0) is 13.0. The van der Waals surface area contributed by atoms with Gasteiger partial charge in [-0.05, 0) is 13.0 Å². The zero-order valence-electron chi connectivity index (χ0n) is 9.99. The molecule has 0 bridgehead atoms. The lowest BCUT2D eigenvalue weighted by molar-refractivity contribution is -0.385. The molecule has 7 heteroatoms. The summed E-state index contributed by atoms with van der Waals surface area (Å²) in [6.07, 6.45) is 2.87. The van der Waals surface area contributed by atoms with E-state index in [-0.39, 0.29) is 11.7 Å². The molecule has 0 saturated carbocycles. The minimum Gasteiger partial charge on any atom is -0.356 e. The highest BCUT2D eigenvalue weighted by Crippen LogP contribution is 2.16. The first kappa shape index (κ1) is 13.6. The molecular weight excluding hydrogens is 242 g/mol. The van der Waals surface area contributed by atoms with Crippen molar-refractivity contribution in [2.75, 3.05) is 24.0 Å². The Hall–Kier alpha value is -1.50. The number of pyridine rings is 1. The van der Waals surface area contributed by atoms with Gasteiger partial charge in [-0.1, -0.05) is 0 Å². The summed E-state index contributed by atoms with van der Waals surface area (Å²) in [5.74, 6) is 1.17. The first-order chi connectivity index (χ1) is 7.91. The van der Waals surface area contributed by atoms with E-state index < -0.39 is 15.7 Å². The van der Waals surface area contributed by atoms with Gasteiger partial charge in [0.1, 0.15) is 12.0 Å². The number of nitrogens with zero attached hydrogens (tertiary/aromatic N) is 3. The molecular formula is C10H15N3O3S. The van der Waals surface area contributed by atoms with E-state index in [1.165, 1.54) is 12.3 Å². The zero-order valence-corrected chi connectivity index (χ0v) is 10.8. The molecule has 0 unspecified atom stereocenters. The average Bonchev–Trinajstić information content (AvgIpc) is 2.27. The van der Waals surface area contributed by atoms with E-state index in [1.807, 2.05) is 18.9 Å². The molecule has 0 aromatic carbocycles. The maximum absolute atomic E-state index is 11.1. The largest absolute Gasteiger partial charge is 0.356 e. The fraction of sp³-hybridized carbons (Fsp3) is 0.500. The number of hydrogen-bond acceptors (Lipinski definition) is 5. The van der Waals surface area contributed by atoms with E-state index in [2.05, 4.69) is 4.98 Å². The Morgan fingerprint density at radius 2 is 2.24 bits per heavy atom. The number of nitro groups is 1. The molecule has 1 heterocycles. The Kier molecular flexibility index (Phi) is 4.56. The van der Waals surface area contributed by atoms with Crippen LogP contribution in [0.3, 0.4) is 0 Å². The molecule has 0 spiro atoms. The number of hydrogen-bond donors (Lipinski definition) is 0. The normalized spacial score (nSPS) is 14.1. The van der Waals surface area contributed by atoms with E-state index in [0.717, 1.165) is 0 Å². The molecule has 0 fully saturated rings. The van der Waals surface area contributed by atoms with E-state index in [4.69, 9.17) is 0 Å². The lowest BCUT2D eigenvalue weighted by Crippen LogP contribution is -2.33. The summed E-state index contributed by atoms with van der Waals surface area (Å²) in [6.45, 7) is 1.94. The van der Waals surface area contributed by atoms with E-state index in [1.54, 1.807) is 12.3 Å². The van der Waals surface area contributed by atoms with Gasteiger partial charge in [0.25, 0.3) is 5.69 Å². The summed E-state index contributed by atoms with van der Waals surface area (Å²) in [6, 6.07) is 3.07. The lowest BCUT2D eigenvalue weighted by atomic mass is 10.3. The van der Waals surface area contributed by atoms with Gasteiger partial charge in [-0.3, -0.25) is 14.3 Å². The summed E-state index contributed by atoms with van der Waals surface area (Å²) >= 11 is 0. The Balaban J connectivity index is 2.78. The van der Waals surface area contributed by atoms with Crippen molar-refractivity contribution in [1.29, 1.82) is 0 Å². The predicted molar refractivity (Wildman–Crippen MR) is 67.7 cm³/mol. The van der Waals surface area contributed by atoms with Gasteiger partial charge in [-0.15, -0.1) is 0 Å². The molecule has 0 radical (unpaired) electrons. The van der Waals surface area contributed by atoms with Gasteiger partial charge < -0.3 is 4.90 Å². The van der Waals surface area contributed by atoms with Crippen LogP contribution in [0.4, 0.5) is 11.5 Å². The first-order valence-corrected chi connectivity index (χ1v) is 6.78. The molecule has 1 aromatic rings. The van der Waals surface area contributed by atoms with Crippen molar-refractivity contribution in [3.63, 3.8) is 0 Å². The molecule has 17 heavy (non-hydrogen) atoms. The van der Waals surface area contributed by atoms with Crippen molar-refractivity contribution >= 4 is 22.3 Å². The molecule has 94 valence electrons. The van der Waals surface area contributed by atoms with E-state index in [0.29, 0.717) is 11.6 Å². The molecule has 0 amide bonds. The third-order valence-corrected chi connectivity index (χ3v) is 3.39. The fourth-order valence-electron chi connectivity index (χ4n) is 1.37. The van der Waals surface area contributed by atoms with Crippen molar-refractivity contribution in [3.05, 3.63) is 28.4 Å². The first-order valence-electron chi connectivity index (χ1n) is 5.05. The highest BCUT2D eigenvalue weighted by molar-refractivity contribution is 7.84. The van der Waals surface area contributed by atoms with Gasteiger partial charge in [-0.2, -0.15) is 0 Å². The van der Waals surface area contributed by atoms with Crippen molar-refractivity contribution in [1.82, 2.24) is 4.98 Å². The second kappa shape index (κ2) is 5.72. The van der Waals surface area contributed by atoms with E-state index >= 15 is 0 Å². The fourth-order valence-corrected chi connectivity index (χ4v) is 2.28. The maximum Gasteiger partial charge on any atom is 0.287 e. The molecule has 0 aliphatic carbocycles. The minimum atomic E-state index is -0.879. The van der Waals surface area contributed by atoms with E-state index in [9.17, 15) is 14.3 Å². The molecule has 1 rings (SSSR count). The molecule has 0 aliphatic heterocycles. The molecule has 1 aromatic heterocycles. The molecule has 0 N–H and O–H groups in total. The van der Waals surface area contributed by atoms with Crippen molar-refractivity contribution in [3.8, 4) is 0 Å². The van der Waals surface area contributed by atoms with Gasteiger partial charge in [0, 0.05) is 42.0 Å². The topological polar surface area (TPSA) is 76.3 Å². The SMILES string of the molecule is C[C@H](C[S@](C)=O)N(C)c1ccc([N+](=O)[O-])cn1. The molecule has 6 nitrogen and oxygen atoms in total. The summed E-state index contributed by atoms with van der Waals surface area (Å²) < 4.78 is 11.1. The van der Waals surface area contributed by atoms with Crippen molar-refractivity contribution < 1.29 is 9.13 Å². The average molecular weight is 257 g/mol. The standard InChI is InChI=1S/C10H15N3O3S/c1-8(7-17(3)16)12(2)10-5-4-9(6-11-10)13(14)15/h4-6,8H,7H2,1-3H3/t8-,17+/m1/s1. The Labute approximate surface area is 102 Å². The Bertz CT molecular complexity index is 421. The van der Waals surface area contributed by atoms with Gasteiger partial charge in [0.2, 0.25) is 0 Å². The van der Waals surface area contributed by atoms with Gasteiger partial charge in [0.15, 0.2) is 0 Å². The Morgan fingerprint density at radius 1 is 1.59 bits per heavy atom. The van der Waals surface area contributed by atoms with Gasteiger partial charge in [0.05, 0.1) is 4.92 Å². The van der Waals surface area contributed by atoms with Crippen LogP contribution < -0.4 is 4.90 Å². The second-order valence-electron chi connectivity index (χ2n) is 3.83. The van der Waals surface area contributed by atoms with Crippen LogP contribution in [-0.4, -0.2) is 39.2 Å². The van der Waals surface area contributed by atoms with Gasteiger partial charge >= 0.3 is 0 Å². The number of rotatable bonds is 5. The molecule has 2 atom stereocenters. The summed E-state index contributed by atoms with van der Waals surface area (Å²) in [5, 5.41) is 10.5. The van der Waals surface area contributed by atoms with Crippen molar-refractivity contribution in [2.45, 2.75) is 13.0 Å². The third-order valence-electron chi connectivity index (χ3n) is 2.44. The summed E-state index contributed by atoms with van der Waals surface area (Å²) in [7, 11) is 0.946. The van der Waals surface area contributed by atoms with Crippen LogP contribution >= 0.6 is 0 Å². The number of anilines is 1. The van der Waals surface area contributed by atoms with Gasteiger partial charge in [-0.25, -0.2) is 4.98 Å². The van der Waals surface area contributed by atoms with Crippen LogP contribution in [0.2, 0.25) is 0 Å². The lowest BCUT2D eigenvalue weighted by Gasteiger charge is -2.24. The smallest absolute Gasteiger partial charge is 0.287 e. The van der Waals surface area contributed by atoms with Crippen LogP contribution in [0.5, 0.6) is 0 Å². The number of aromatic nitrogens is 1. The highest BCUT2D eigenvalue weighted by atomic mass is 32.2. The summed E-state index contributed by atoms with van der Waals surface area (Å²) in [5.41, 5.74) is -0.0335. The molecule has 0 saturated heterocycles. The quantitative estimate of drug-likeness (QED) is 0.585. The van der Waals surface area contributed by atoms with Crippen LogP contribution in [0.1, 0.15) is 6.92 Å². The monoisotopic (exact) mass is 257 g/mol. The second-order valence-corrected chi connectivity index (χ2v) is 5.31. The van der Waals surface area contributed by atoms with Crippen molar-refractivity contribution in [2.24, 2.45) is 0 Å². The van der Waals surface area contributed by atoms with Crippen LogP contribution in [0.25, 0.3) is 0 Å². The Morgan fingerprint density at radius 3 is 2.65 bits per heavy atom. The third kappa shape index (κ3) is 3.77. The summed E-state index contributed by atoms with van der Waals surface area (Å²) in [4.78, 5) is 15.9. The van der Waals surface area contributed by atoms with Crippen LogP contribution in [0.15, 0.2) is 18.3 Å². The highest BCUT2D eigenvalue weighted by Gasteiger charge is 2.14. The molecule has 0 aliphatic rings. The maximum atomic E-state index is 11.1. The van der Waals surface area contributed by atoms with Crippen LogP contribution in [0, 0.1) is 10.1 Å².